The second-order valence-corrected chi connectivity index (χ2v) is 6.07. The van der Waals surface area contributed by atoms with Crippen LogP contribution in [0.1, 0.15) is 17.5 Å². The fraction of sp³-hybridized carbons (Fsp3) is 0.263. The van der Waals surface area contributed by atoms with E-state index >= 15 is 0 Å². The van der Waals surface area contributed by atoms with Crippen LogP contribution in [0.3, 0.4) is 0 Å². The highest BCUT2D eigenvalue weighted by Gasteiger charge is 2.31. The van der Waals surface area contributed by atoms with Crippen LogP contribution in [0.15, 0.2) is 42.5 Å². The molecule has 5 nitrogen and oxygen atoms in total. The number of hydrogen-bond donors (Lipinski definition) is 0. The molecule has 0 aliphatic carbocycles. The molecule has 0 aromatic heterocycles. The van der Waals surface area contributed by atoms with E-state index in [9.17, 15) is 14.7 Å². The molecule has 0 spiro atoms. The molecule has 0 unspecified atom stereocenters. The zero-order valence-electron chi connectivity index (χ0n) is 13.6. The van der Waals surface area contributed by atoms with Gasteiger partial charge in [0.2, 0.25) is 5.91 Å². The average molecular weight is 324 g/mol. The van der Waals surface area contributed by atoms with Gasteiger partial charge in [0, 0.05) is 30.5 Å². The summed E-state index contributed by atoms with van der Waals surface area (Å²) in [5, 5.41) is 10.9. The first-order valence-electron chi connectivity index (χ1n) is 7.80. The number of aryl methyl sites for hydroxylation is 2. The maximum absolute atomic E-state index is 11.9. The van der Waals surface area contributed by atoms with Crippen molar-refractivity contribution in [2.24, 2.45) is 5.92 Å². The number of amides is 1. The van der Waals surface area contributed by atoms with Gasteiger partial charge in [-0.15, -0.1) is 0 Å². The summed E-state index contributed by atoms with van der Waals surface area (Å²) in [6.07, 6.45) is -0.0107. The molecule has 1 amide bonds. The molecule has 24 heavy (non-hydrogen) atoms. The normalized spacial score (nSPS) is 17.2. The standard InChI is InChI=1S/C19H19NO4/c1-12-3-6-17(9-13(12)2)24-16-7-4-15(5-8-16)20-11-14(19(22)23)10-18(20)21/h3-9,14H,10-11H2,1-2H3,(H,22,23)/p-1/t14-/m0/s1. The van der Waals surface area contributed by atoms with Crippen LogP contribution in [0.25, 0.3) is 0 Å². The third-order valence-electron chi connectivity index (χ3n) is 4.32. The summed E-state index contributed by atoms with van der Waals surface area (Å²) < 4.78 is 5.81. The van der Waals surface area contributed by atoms with E-state index in [1.165, 1.54) is 10.5 Å². The van der Waals surface area contributed by atoms with Gasteiger partial charge < -0.3 is 19.5 Å². The van der Waals surface area contributed by atoms with E-state index in [0.717, 1.165) is 11.3 Å². The van der Waals surface area contributed by atoms with Gasteiger partial charge in [-0.05, 0) is 61.4 Å². The Kier molecular flexibility index (Phi) is 4.25. The fourth-order valence-corrected chi connectivity index (χ4v) is 2.72. The lowest BCUT2D eigenvalue weighted by molar-refractivity contribution is -0.310. The molecule has 1 atom stereocenters. The lowest BCUT2D eigenvalue weighted by Crippen LogP contribution is -2.33. The number of carboxylic acid groups (broad SMARTS) is 1. The number of hydrogen-bond acceptors (Lipinski definition) is 4. The van der Waals surface area contributed by atoms with E-state index in [1.807, 2.05) is 32.0 Å². The summed E-state index contributed by atoms with van der Waals surface area (Å²) in [5.74, 6) is -0.721. The zero-order chi connectivity index (χ0) is 17.3. The van der Waals surface area contributed by atoms with Crippen molar-refractivity contribution in [3.63, 3.8) is 0 Å². The summed E-state index contributed by atoms with van der Waals surface area (Å²) in [5.41, 5.74) is 3.02. The van der Waals surface area contributed by atoms with Crippen LogP contribution in [0.2, 0.25) is 0 Å². The first kappa shape index (κ1) is 16.1. The van der Waals surface area contributed by atoms with E-state index in [-0.39, 0.29) is 18.9 Å². The van der Waals surface area contributed by atoms with Gasteiger partial charge in [-0.25, -0.2) is 0 Å². The van der Waals surface area contributed by atoms with Crippen LogP contribution in [-0.4, -0.2) is 18.4 Å². The smallest absolute Gasteiger partial charge is 0.227 e. The Morgan fingerprint density at radius 3 is 2.33 bits per heavy atom. The van der Waals surface area contributed by atoms with Crippen molar-refractivity contribution in [2.45, 2.75) is 20.3 Å². The number of rotatable bonds is 4. The molecule has 0 N–H and O–H groups in total. The largest absolute Gasteiger partial charge is 0.550 e. The fourth-order valence-electron chi connectivity index (χ4n) is 2.72. The third kappa shape index (κ3) is 3.25. The highest BCUT2D eigenvalue weighted by Crippen LogP contribution is 2.29. The van der Waals surface area contributed by atoms with Crippen molar-refractivity contribution in [1.29, 1.82) is 0 Å². The molecular weight excluding hydrogens is 306 g/mol. The molecule has 0 radical (unpaired) electrons. The quantitative estimate of drug-likeness (QED) is 0.864. The monoisotopic (exact) mass is 324 g/mol. The zero-order valence-corrected chi connectivity index (χ0v) is 13.6. The Morgan fingerprint density at radius 2 is 1.75 bits per heavy atom. The lowest BCUT2D eigenvalue weighted by Gasteiger charge is -2.17. The van der Waals surface area contributed by atoms with Gasteiger partial charge in [-0.3, -0.25) is 4.79 Å². The second kappa shape index (κ2) is 6.35. The summed E-state index contributed by atoms with van der Waals surface area (Å²) in [6, 6.07) is 12.9. The summed E-state index contributed by atoms with van der Waals surface area (Å²) in [6.45, 7) is 4.22. The SMILES string of the molecule is Cc1ccc(Oc2ccc(N3C[C@@H](C(=O)[O-])CC3=O)cc2)cc1C. The molecule has 0 bridgehead atoms. The first-order chi connectivity index (χ1) is 11.4. The van der Waals surface area contributed by atoms with Gasteiger partial charge in [0.15, 0.2) is 0 Å². The number of anilines is 1. The highest BCUT2D eigenvalue weighted by molar-refractivity contribution is 5.98. The molecule has 3 rings (SSSR count). The van der Waals surface area contributed by atoms with Crippen molar-refractivity contribution in [1.82, 2.24) is 0 Å². The van der Waals surface area contributed by atoms with Crippen molar-refractivity contribution < 1.29 is 19.4 Å². The van der Waals surface area contributed by atoms with Crippen molar-refractivity contribution >= 4 is 17.6 Å². The van der Waals surface area contributed by atoms with Crippen LogP contribution >= 0.6 is 0 Å². The predicted molar refractivity (Wildman–Crippen MR) is 87.9 cm³/mol. The molecule has 124 valence electrons. The van der Waals surface area contributed by atoms with Crippen LogP contribution < -0.4 is 14.7 Å². The van der Waals surface area contributed by atoms with Gasteiger partial charge >= 0.3 is 0 Å². The average Bonchev–Trinajstić information content (AvgIpc) is 2.94. The summed E-state index contributed by atoms with van der Waals surface area (Å²) >= 11 is 0. The minimum absolute atomic E-state index is 0.0107. The summed E-state index contributed by atoms with van der Waals surface area (Å²) in [4.78, 5) is 24.3. The molecule has 2 aromatic carbocycles. The molecular formula is C19H18NO4-. The van der Waals surface area contributed by atoms with E-state index < -0.39 is 11.9 Å². The number of carboxylic acids is 1. The lowest BCUT2D eigenvalue weighted by atomic mass is 10.1. The van der Waals surface area contributed by atoms with Crippen molar-refractivity contribution in [2.75, 3.05) is 11.4 Å². The Hall–Kier alpha value is -2.82. The van der Waals surface area contributed by atoms with E-state index in [2.05, 4.69) is 0 Å². The molecule has 2 aromatic rings. The molecule has 0 saturated carbocycles. The third-order valence-corrected chi connectivity index (χ3v) is 4.32. The van der Waals surface area contributed by atoms with Crippen LogP contribution in [-0.2, 0) is 9.59 Å². The first-order valence-corrected chi connectivity index (χ1v) is 7.80. The number of ether oxygens (including phenoxy) is 1. The van der Waals surface area contributed by atoms with Gasteiger partial charge in [0.25, 0.3) is 0 Å². The van der Waals surface area contributed by atoms with E-state index in [0.29, 0.717) is 11.4 Å². The number of benzene rings is 2. The molecule has 1 fully saturated rings. The molecule has 1 aliphatic rings. The topological polar surface area (TPSA) is 69.7 Å². The Bertz CT molecular complexity index is 782. The van der Waals surface area contributed by atoms with Crippen molar-refractivity contribution in [3.05, 3.63) is 53.6 Å². The Morgan fingerprint density at radius 1 is 1.08 bits per heavy atom. The number of carbonyl (C=O) groups is 2. The molecule has 1 aliphatic heterocycles. The van der Waals surface area contributed by atoms with Crippen LogP contribution in [0.4, 0.5) is 5.69 Å². The minimum atomic E-state index is -1.18. The van der Waals surface area contributed by atoms with E-state index in [1.54, 1.807) is 24.3 Å². The molecule has 5 heteroatoms. The van der Waals surface area contributed by atoms with E-state index in [4.69, 9.17) is 4.74 Å². The maximum atomic E-state index is 11.9. The maximum Gasteiger partial charge on any atom is 0.227 e. The Balaban J connectivity index is 1.72. The minimum Gasteiger partial charge on any atom is -0.550 e. The van der Waals surface area contributed by atoms with Gasteiger partial charge in [0.1, 0.15) is 11.5 Å². The molecule has 1 heterocycles. The number of carbonyl (C=O) groups excluding carboxylic acids is 2. The van der Waals surface area contributed by atoms with Crippen LogP contribution in [0.5, 0.6) is 11.5 Å². The second-order valence-electron chi connectivity index (χ2n) is 6.07. The van der Waals surface area contributed by atoms with Crippen LogP contribution in [0, 0.1) is 19.8 Å². The Labute approximate surface area is 140 Å². The number of aliphatic carboxylic acids is 1. The highest BCUT2D eigenvalue weighted by atomic mass is 16.5. The number of nitrogens with zero attached hydrogens (tertiary/aromatic N) is 1. The summed E-state index contributed by atoms with van der Waals surface area (Å²) in [7, 11) is 0. The predicted octanol–water partition coefficient (Wildman–Crippen LogP) is 2.20. The molecule has 1 saturated heterocycles. The van der Waals surface area contributed by atoms with Gasteiger partial charge in [0.05, 0.1) is 0 Å². The van der Waals surface area contributed by atoms with Crippen molar-refractivity contribution in [3.8, 4) is 11.5 Å². The van der Waals surface area contributed by atoms with Gasteiger partial charge in [-0.2, -0.15) is 0 Å². The van der Waals surface area contributed by atoms with Gasteiger partial charge in [-0.1, -0.05) is 6.07 Å².